The second-order valence-electron chi connectivity index (χ2n) is 5.76. The van der Waals surface area contributed by atoms with E-state index < -0.39 is 0 Å². The lowest BCUT2D eigenvalue weighted by Crippen LogP contribution is -3.06. The number of nitrogens with one attached hydrogen (secondary N) is 2. The summed E-state index contributed by atoms with van der Waals surface area (Å²) in [4.78, 5) is 16.5. The molecule has 1 aliphatic heterocycles. The first kappa shape index (κ1) is 13.1. The Bertz CT molecular complexity index is 1030. The van der Waals surface area contributed by atoms with Crippen LogP contribution in [0.15, 0.2) is 45.7 Å². The summed E-state index contributed by atoms with van der Waals surface area (Å²) in [7, 11) is 0. The average Bonchev–Trinajstić information content (AvgIpc) is 2.90. The van der Waals surface area contributed by atoms with E-state index in [9.17, 15) is 4.79 Å². The van der Waals surface area contributed by atoms with Gasteiger partial charge in [0.25, 0.3) is 0 Å². The van der Waals surface area contributed by atoms with Crippen LogP contribution in [0, 0.1) is 6.92 Å². The van der Waals surface area contributed by atoms with Gasteiger partial charge >= 0.3 is 5.63 Å². The smallest absolute Gasteiger partial charge is 0.343 e. The fraction of sp³-hybridized carbons (Fsp3) is 0.167. The molecule has 2 aromatic heterocycles. The van der Waals surface area contributed by atoms with E-state index in [4.69, 9.17) is 4.42 Å². The van der Waals surface area contributed by atoms with Gasteiger partial charge in [0.1, 0.15) is 25.0 Å². The zero-order valence-corrected chi connectivity index (χ0v) is 12.3. The molecule has 0 saturated carbocycles. The highest BCUT2D eigenvalue weighted by molar-refractivity contribution is 5.82. The topological polar surface area (TPSA) is 50.4 Å². The molecule has 1 aromatic carbocycles. The number of aryl methyl sites for hydroxylation is 1. The second-order valence-corrected chi connectivity index (χ2v) is 5.76. The quantitative estimate of drug-likeness (QED) is 0.701. The summed E-state index contributed by atoms with van der Waals surface area (Å²) in [5, 5.41) is 2.92. The molecule has 4 rings (SSSR count). The van der Waals surface area contributed by atoms with Gasteiger partial charge in [-0.3, -0.25) is 0 Å². The zero-order valence-electron chi connectivity index (χ0n) is 12.3. The molecule has 1 unspecified atom stereocenters. The van der Waals surface area contributed by atoms with Crippen molar-refractivity contribution in [3.05, 3.63) is 68.7 Å². The summed E-state index contributed by atoms with van der Waals surface area (Å²) in [6.45, 7) is 3.49. The molecule has 110 valence electrons. The number of hydrogen-bond donors (Lipinski definition) is 2. The fourth-order valence-corrected chi connectivity index (χ4v) is 3.12. The molecule has 0 amide bonds. The lowest BCUT2D eigenvalue weighted by atomic mass is 10.1. The molecule has 1 atom stereocenters. The molecule has 0 fully saturated rings. The standard InChI is InChI=1S/C18H16N2O2/c1-12-8-13-10-20(7-6-16(13)18(21)22-12)11-14-9-19-17-5-3-2-4-15(14)17/h2-6,8-10,19H,7,11H2,1H3/p+1. The van der Waals surface area contributed by atoms with Gasteiger partial charge in [-0.25, -0.2) is 4.79 Å². The van der Waals surface area contributed by atoms with Gasteiger partial charge in [0.2, 0.25) is 0 Å². The van der Waals surface area contributed by atoms with Gasteiger partial charge in [-0.15, -0.1) is 0 Å². The number of rotatable bonds is 2. The number of quaternary nitrogens is 1. The average molecular weight is 293 g/mol. The third kappa shape index (κ3) is 2.18. The molecule has 0 saturated heterocycles. The molecule has 0 radical (unpaired) electrons. The van der Waals surface area contributed by atoms with Gasteiger partial charge in [-0.05, 0) is 25.1 Å². The Kier molecular flexibility index (Phi) is 2.98. The first-order chi connectivity index (χ1) is 10.7. The number of H-pyrrole nitrogens is 1. The van der Waals surface area contributed by atoms with E-state index in [1.807, 2.05) is 25.1 Å². The molecule has 22 heavy (non-hydrogen) atoms. The van der Waals surface area contributed by atoms with Gasteiger partial charge < -0.3 is 14.3 Å². The van der Waals surface area contributed by atoms with E-state index >= 15 is 0 Å². The summed E-state index contributed by atoms with van der Waals surface area (Å²) < 4.78 is 5.15. The second kappa shape index (κ2) is 5.00. The highest BCUT2D eigenvalue weighted by Gasteiger charge is 2.14. The van der Waals surface area contributed by atoms with Gasteiger partial charge in [0, 0.05) is 27.9 Å². The van der Waals surface area contributed by atoms with Crippen molar-refractivity contribution in [2.75, 3.05) is 6.54 Å². The normalized spacial score (nSPS) is 16.9. The maximum atomic E-state index is 11.9. The van der Waals surface area contributed by atoms with Crippen LogP contribution in [0.3, 0.4) is 0 Å². The molecular formula is C18H17N2O2+. The van der Waals surface area contributed by atoms with Crippen molar-refractivity contribution in [2.24, 2.45) is 0 Å². The fourth-order valence-electron chi connectivity index (χ4n) is 3.12. The summed E-state index contributed by atoms with van der Waals surface area (Å²) >= 11 is 0. The van der Waals surface area contributed by atoms with Crippen LogP contribution in [0.1, 0.15) is 11.3 Å². The Morgan fingerprint density at radius 1 is 1.32 bits per heavy atom. The Balaban J connectivity index is 1.73. The van der Waals surface area contributed by atoms with Crippen molar-refractivity contribution in [3.63, 3.8) is 0 Å². The van der Waals surface area contributed by atoms with E-state index in [0.717, 1.165) is 23.8 Å². The van der Waals surface area contributed by atoms with Gasteiger partial charge in [-0.1, -0.05) is 18.2 Å². The number of aromatic amines is 1. The Hall–Kier alpha value is -2.59. The van der Waals surface area contributed by atoms with Crippen molar-refractivity contribution in [3.8, 4) is 0 Å². The van der Waals surface area contributed by atoms with Crippen molar-refractivity contribution >= 4 is 23.2 Å². The summed E-state index contributed by atoms with van der Waals surface area (Å²) in [6.07, 6.45) is 6.18. The summed E-state index contributed by atoms with van der Waals surface area (Å²) in [6, 6.07) is 10.3. The molecule has 2 N–H and O–H groups in total. The van der Waals surface area contributed by atoms with Crippen LogP contribution in [-0.2, 0) is 6.54 Å². The third-order valence-corrected chi connectivity index (χ3v) is 4.16. The molecule has 3 heterocycles. The molecular weight excluding hydrogens is 276 g/mol. The maximum Gasteiger partial charge on any atom is 0.343 e. The molecule has 1 aliphatic rings. The summed E-state index contributed by atoms with van der Waals surface area (Å²) in [5.41, 5.74) is 2.21. The van der Waals surface area contributed by atoms with Crippen molar-refractivity contribution < 1.29 is 9.32 Å². The van der Waals surface area contributed by atoms with Crippen molar-refractivity contribution in [1.29, 1.82) is 0 Å². The minimum Gasteiger partial charge on any atom is -0.428 e. The highest BCUT2D eigenvalue weighted by atomic mass is 16.4. The number of hydrogen-bond acceptors (Lipinski definition) is 2. The Labute approximate surface area is 127 Å². The van der Waals surface area contributed by atoms with E-state index in [1.54, 1.807) is 0 Å². The largest absolute Gasteiger partial charge is 0.428 e. The minimum absolute atomic E-state index is 0.239. The Morgan fingerprint density at radius 3 is 3.09 bits per heavy atom. The number of para-hydroxylation sites is 1. The van der Waals surface area contributed by atoms with Crippen LogP contribution < -0.4 is 21.0 Å². The Morgan fingerprint density at radius 2 is 2.18 bits per heavy atom. The van der Waals surface area contributed by atoms with E-state index in [2.05, 4.69) is 35.6 Å². The maximum absolute atomic E-state index is 11.9. The molecule has 0 aliphatic carbocycles. The van der Waals surface area contributed by atoms with Gasteiger partial charge in [-0.2, -0.15) is 0 Å². The predicted molar refractivity (Wildman–Crippen MR) is 85.7 cm³/mol. The predicted octanol–water partition coefficient (Wildman–Crippen LogP) is 0.0467. The number of benzene rings is 1. The minimum atomic E-state index is -0.239. The van der Waals surface area contributed by atoms with Crippen LogP contribution in [0.2, 0.25) is 0 Å². The molecule has 4 heteroatoms. The zero-order chi connectivity index (χ0) is 15.1. The summed E-state index contributed by atoms with van der Waals surface area (Å²) in [5.74, 6) is 0.654. The number of aromatic nitrogens is 1. The lowest BCUT2D eigenvalue weighted by molar-refractivity contribution is -0.823. The van der Waals surface area contributed by atoms with Crippen molar-refractivity contribution in [1.82, 2.24) is 4.98 Å². The highest BCUT2D eigenvalue weighted by Crippen LogP contribution is 2.16. The van der Waals surface area contributed by atoms with Gasteiger partial charge in [0.15, 0.2) is 0 Å². The molecule has 4 nitrogen and oxygen atoms in total. The molecule has 0 spiro atoms. The van der Waals surface area contributed by atoms with E-state index in [1.165, 1.54) is 15.8 Å². The van der Waals surface area contributed by atoms with E-state index in [-0.39, 0.29) is 5.63 Å². The van der Waals surface area contributed by atoms with Crippen LogP contribution in [0.4, 0.5) is 0 Å². The monoisotopic (exact) mass is 293 g/mol. The van der Waals surface area contributed by atoms with Gasteiger partial charge in [0.05, 0.1) is 5.22 Å². The molecule has 3 aromatic rings. The molecule has 0 bridgehead atoms. The van der Waals surface area contributed by atoms with Crippen LogP contribution >= 0.6 is 0 Å². The first-order valence-corrected chi connectivity index (χ1v) is 7.43. The lowest BCUT2D eigenvalue weighted by Gasteiger charge is -2.15. The van der Waals surface area contributed by atoms with Crippen molar-refractivity contribution in [2.45, 2.75) is 13.5 Å². The first-order valence-electron chi connectivity index (χ1n) is 7.43. The van der Waals surface area contributed by atoms with E-state index in [0.29, 0.717) is 11.0 Å². The van der Waals surface area contributed by atoms with Crippen LogP contribution in [-0.4, -0.2) is 11.5 Å². The SMILES string of the molecule is Cc1cc2c(c(=O)o1)=CC[NH+](Cc1c[nH]c3ccccc13)C=2. The van der Waals surface area contributed by atoms with Crippen LogP contribution in [0.5, 0.6) is 0 Å². The van der Waals surface area contributed by atoms with Crippen LogP contribution in [0.25, 0.3) is 23.2 Å². The third-order valence-electron chi connectivity index (χ3n) is 4.16. The number of fused-ring (bicyclic) bond motifs is 2.